The van der Waals surface area contributed by atoms with E-state index < -0.39 is 5.97 Å². The van der Waals surface area contributed by atoms with Gasteiger partial charge in [0.15, 0.2) is 0 Å². The summed E-state index contributed by atoms with van der Waals surface area (Å²) in [6.07, 6.45) is 3.02. The summed E-state index contributed by atoms with van der Waals surface area (Å²) in [5, 5.41) is 11.2. The maximum absolute atomic E-state index is 11.9. The van der Waals surface area contributed by atoms with Crippen molar-refractivity contribution in [2.24, 2.45) is 0 Å². The van der Waals surface area contributed by atoms with Crippen molar-refractivity contribution in [3.05, 3.63) is 29.6 Å². The van der Waals surface area contributed by atoms with Gasteiger partial charge in [0.2, 0.25) is 0 Å². The molecule has 1 aromatic heterocycles. The molecule has 0 bridgehead atoms. The molecule has 19 heavy (non-hydrogen) atoms. The molecule has 100 valence electrons. The number of ether oxygens (including phenoxy) is 1. The Hall–Kier alpha value is -2.39. The number of carbonyl (C=O) groups excluding carboxylic acids is 2. The SMILES string of the molecule is COC(=O)CCNC(=O)c1ccncc1C#CCO. The third-order valence-corrected chi connectivity index (χ3v) is 2.21. The number of aliphatic hydroxyl groups excluding tert-OH is 1. The monoisotopic (exact) mass is 262 g/mol. The van der Waals surface area contributed by atoms with Gasteiger partial charge in [0.1, 0.15) is 6.61 Å². The Morgan fingerprint density at radius 3 is 3.00 bits per heavy atom. The first-order chi connectivity index (χ1) is 9.19. The zero-order valence-corrected chi connectivity index (χ0v) is 10.5. The van der Waals surface area contributed by atoms with Gasteiger partial charge in [-0.1, -0.05) is 11.8 Å². The van der Waals surface area contributed by atoms with Gasteiger partial charge in [-0.2, -0.15) is 0 Å². The van der Waals surface area contributed by atoms with Gasteiger partial charge in [-0.15, -0.1) is 0 Å². The zero-order valence-electron chi connectivity index (χ0n) is 10.5. The number of nitrogens with zero attached hydrogens (tertiary/aromatic N) is 1. The van der Waals surface area contributed by atoms with Crippen LogP contribution in [0, 0.1) is 11.8 Å². The number of carbonyl (C=O) groups is 2. The van der Waals surface area contributed by atoms with E-state index in [4.69, 9.17) is 5.11 Å². The first-order valence-corrected chi connectivity index (χ1v) is 5.57. The van der Waals surface area contributed by atoms with E-state index in [1.807, 2.05) is 0 Å². The molecule has 6 heteroatoms. The summed E-state index contributed by atoms with van der Waals surface area (Å²) in [5.41, 5.74) is 0.771. The highest BCUT2D eigenvalue weighted by molar-refractivity contribution is 5.96. The van der Waals surface area contributed by atoms with Crippen LogP contribution in [0.15, 0.2) is 18.5 Å². The molecule has 1 rings (SSSR count). The third-order valence-electron chi connectivity index (χ3n) is 2.21. The molecular weight excluding hydrogens is 248 g/mol. The molecule has 0 aliphatic heterocycles. The molecule has 1 aromatic rings. The van der Waals surface area contributed by atoms with Gasteiger partial charge < -0.3 is 15.2 Å². The van der Waals surface area contributed by atoms with Gasteiger partial charge in [-0.05, 0) is 6.07 Å². The molecule has 0 saturated carbocycles. The number of amides is 1. The van der Waals surface area contributed by atoms with E-state index in [2.05, 4.69) is 26.9 Å². The van der Waals surface area contributed by atoms with Crippen LogP contribution in [-0.2, 0) is 9.53 Å². The maximum atomic E-state index is 11.9. The molecule has 0 spiro atoms. The summed E-state index contributed by atoms with van der Waals surface area (Å²) in [5.74, 6) is 4.35. The molecule has 0 fully saturated rings. The molecule has 0 aliphatic carbocycles. The Morgan fingerprint density at radius 1 is 1.53 bits per heavy atom. The lowest BCUT2D eigenvalue weighted by atomic mass is 10.1. The minimum Gasteiger partial charge on any atom is -0.469 e. The van der Waals surface area contributed by atoms with E-state index in [1.165, 1.54) is 25.6 Å². The van der Waals surface area contributed by atoms with Gasteiger partial charge >= 0.3 is 5.97 Å². The molecular formula is C13H14N2O4. The van der Waals surface area contributed by atoms with Crippen LogP contribution in [0.4, 0.5) is 0 Å². The molecule has 0 atom stereocenters. The van der Waals surface area contributed by atoms with E-state index in [0.717, 1.165) is 0 Å². The number of nitrogens with one attached hydrogen (secondary N) is 1. The van der Waals surface area contributed by atoms with Crippen LogP contribution in [0.25, 0.3) is 0 Å². The second kappa shape index (κ2) is 7.84. The van der Waals surface area contributed by atoms with Crippen LogP contribution < -0.4 is 5.32 Å². The molecule has 0 radical (unpaired) electrons. The normalized spacial score (nSPS) is 9.16. The van der Waals surface area contributed by atoms with Gasteiger partial charge in [0.25, 0.3) is 5.91 Å². The lowest BCUT2D eigenvalue weighted by Gasteiger charge is -2.05. The van der Waals surface area contributed by atoms with Crippen LogP contribution in [0.1, 0.15) is 22.3 Å². The lowest BCUT2D eigenvalue weighted by molar-refractivity contribution is -0.140. The standard InChI is InChI=1S/C13H14N2O4/c1-19-12(17)5-7-15-13(18)11-4-6-14-9-10(11)3-2-8-16/h4,6,9,16H,5,7-8H2,1H3,(H,15,18). The second-order valence-corrected chi connectivity index (χ2v) is 3.46. The van der Waals surface area contributed by atoms with E-state index in [9.17, 15) is 9.59 Å². The van der Waals surface area contributed by atoms with E-state index in [1.54, 1.807) is 0 Å². The average molecular weight is 262 g/mol. The summed E-state index contributed by atoms with van der Waals surface area (Å²) in [6, 6.07) is 1.52. The summed E-state index contributed by atoms with van der Waals surface area (Å²) in [4.78, 5) is 26.6. The van der Waals surface area contributed by atoms with Crippen molar-refractivity contribution in [1.82, 2.24) is 10.3 Å². The summed E-state index contributed by atoms with van der Waals surface area (Å²) < 4.78 is 4.46. The number of methoxy groups -OCH3 is 1. The fourth-order valence-corrected chi connectivity index (χ4v) is 1.30. The minimum absolute atomic E-state index is 0.102. The van der Waals surface area contributed by atoms with Crippen LogP contribution in [0.2, 0.25) is 0 Å². The first-order valence-electron chi connectivity index (χ1n) is 5.57. The molecule has 1 amide bonds. The Morgan fingerprint density at radius 2 is 2.32 bits per heavy atom. The zero-order chi connectivity index (χ0) is 14.1. The van der Waals surface area contributed by atoms with Crippen molar-refractivity contribution in [2.75, 3.05) is 20.3 Å². The van der Waals surface area contributed by atoms with Crippen LogP contribution in [0.5, 0.6) is 0 Å². The first kappa shape index (κ1) is 14.7. The van der Waals surface area contributed by atoms with Crippen molar-refractivity contribution in [3.8, 4) is 11.8 Å². The smallest absolute Gasteiger partial charge is 0.307 e. The number of aromatic nitrogens is 1. The van der Waals surface area contributed by atoms with Gasteiger partial charge in [-0.3, -0.25) is 14.6 Å². The number of pyridine rings is 1. The number of esters is 1. The highest BCUT2D eigenvalue weighted by atomic mass is 16.5. The predicted octanol–water partition coefficient (Wildman–Crippen LogP) is -0.282. The molecule has 2 N–H and O–H groups in total. The topological polar surface area (TPSA) is 88.5 Å². The van der Waals surface area contributed by atoms with Crippen molar-refractivity contribution in [3.63, 3.8) is 0 Å². The molecule has 0 saturated heterocycles. The fraction of sp³-hybridized carbons (Fsp3) is 0.308. The quantitative estimate of drug-likeness (QED) is 0.575. The van der Waals surface area contributed by atoms with Crippen LogP contribution >= 0.6 is 0 Å². The average Bonchev–Trinajstić information content (AvgIpc) is 2.45. The molecule has 0 aromatic carbocycles. The maximum Gasteiger partial charge on any atom is 0.307 e. The highest BCUT2D eigenvalue weighted by Gasteiger charge is 2.10. The minimum atomic E-state index is -0.393. The van der Waals surface area contributed by atoms with Crippen molar-refractivity contribution >= 4 is 11.9 Å². The van der Waals surface area contributed by atoms with E-state index in [-0.39, 0.29) is 25.5 Å². The van der Waals surface area contributed by atoms with Gasteiger partial charge in [0.05, 0.1) is 24.7 Å². The second-order valence-electron chi connectivity index (χ2n) is 3.46. The number of hydrogen-bond acceptors (Lipinski definition) is 5. The Labute approximate surface area is 110 Å². The van der Waals surface area contributed by atoms with Crippen LogP contribution in [-0.4, -0.2) is 42.2 Å². The molecule has 0 unspecified atom stereocenters. The predicted molar refractivity (Wildman–Crippen MR) is 67.2 cm³/mol. The van der Waals surface area contributed by atoms with Crippen molar-refractivity contribution in [2.45, 2.75) is 6.42 Å². The van der Waals surface area contributed by atoms with Crippen molar-refractivity contribution in [1.29, 1.82) is 0 Å². The Balaban J connectivity index is 2.69. The Kier molecular flexibility index (Phi) is 6.06. The Bertz CT molecular complexity index is 517. The molecule has 0 aliphatic rings. The number of rotatable bonds is 4. The number of hydrogen-bond donors (Lipinski definition) is 2. The third kappa shape index (κ3) is 4.77. The summed E-state index contributed by atoms with van der Waals surface area (Å²) in [7, 11) is 1.29. The number of aliphatic hydroxyl groups is 1. The largest absolute Gasteiger partial charge is 0.469 e. The molecule has 1 heterocycles. The molecule has 6 nitrogen and oxygen atoms in total. The van der Waals surface area contributed by atoms with Gasteiger partial charge in [-0.25, -0.2) is 0 Å². The van der Waals surface area contributed by atoms with Gasteiger partial charge in [0, 0.05) is 18.9 Å². The van der Waals surface area contributed by atoms with E-state index in [0.29, 0.717) is 11.1 Å². The summed E-state index contributed by atoms with van der Waals surface area (Å²) >= 11 is 0. The lowest BCUT2D eigenvalue weighted by Crippen LogP contribution is -2.27. The van der Waals surface area contributed by atoms with Crippen molar-refractivity contribution < 1.29 is 19.4 Å². The van der Waals surface area contributed by atoms with Crippen LogP contribution in [0.3, 0.4) is 0 Å². The highest BCUT2D eigenvalue weighted by Crippen LogP contribution is 2.05. The fourth-order valence-electron chi connectivity index (χ4n) is 1.30. The van der Waals surface area contributed by atoms with E-state index >= 15 is 0 Å². The summed E-state index contributed by atoms with van der Waals surface area (Å²) in [6.45, 7) is -0.112.